The molecule has 2 aromatic carbocycles. The molecular formula is C29H28N6O3. The normalized spacial score (nSPS) is 11.1. The second kappa shape index (κ2) is 9.87. The number of rotatable bonds is 6. The van der Waals surface area contributed by atoms with Gasteiger partial charge in [0.2, 0.25) is 0 Å². The van der Waals surface area contributed by atoms with Gasteiger partial charge in [0, 0.05) is 55.7 Å². The van der Waals surface area contributed by atoms with Gasteiger partial charge in [0.1, 0.15) is 17.3 Å². The fourth-order valence-electron chi connectivity index (χ4n) is 4.55. The van der Waals surface area contributed by atoms with Crippen molar-refractivity contribution in [2.75, 3.05) is 30.0 Å². The lowest BCUT2D eigenvalue weighted by Crippen LogP contribution is -2.21. The Kier molecular flexibility index (Phi) is 6.44. The highest BCUT2D eigenvalue weighted by molar-refractivity contribution is 5.85. The molecule has 4 N–H and O–H groups in total. The zero-order valence-electron chi connectivity index (χ0n) is 21.3. The lowest BCUT2D eigenvalue weighted by Gasteiger charge is -2.17. The number of pyridine rings is 3. The van der Waals surface area contributed by atoms with E-state index >= 15 is 0 Å². The van der Waals surface area contributed by atoms with Crippen molar-refractivity contribution >= 4 is 33.8 Å². The predicted molar refractivity (Wildman–Crippen MR) is 152 cm³/mol. The van der Waals surface area contributed by atoms with Crippen LogP contribution in [0.2, 0.25) is 0 Å². The van der Waals surface area contributed by atoms with Gasteiger partial charge in [-0.1, -0.05) is 18.2 Å². The van der Waals surface area contributed by atoms with Gasteiger partial charge < -0.3 is 25.6 Å². The van der Waals surface area contributed by atoms with Crippen LogP contribution in [0.25, 0.3) is 27.6 Å². The number of benzene rings is 2. The number of fused-ring (bicyclic) bond motifs is 1. The molecule has 3 heterocycles. The third-order valence-electron chi connectivity index (χ3n) is 6.50. The SMILES string of the molecule is CN(C)c1ccc2c(=O)n(-c3cccc(-c4cc(Nc5cccc(N)n5)c(=O)n(C)c4)c3CO)ccc2c1. The Morgan fingerprint density at radius 1 is 1.00 bits per heavy atom. The molecule has 0 saturated carbocycles. The van der Waals surface area contributed by atoms with Crippen molar-refractivity contribution in [1.82, 2.24) is 14.1 Å². The van der Waals surface area contributed by atoms with Gasteiger partial charge >= 0.3 is 0 Å². The number of hydrogen-bond donors (Lipinski definition) is 3. The van der Waals surface area contributed by atoms with E-state index in [9.17, 15) is 14.7 Å². The van der Waals surface area contributed by atoms with Crippen LogP contribution in [0.1, 0.15) is 5.56 Å². The number of nitrogens with zero attached hydrogens (tertiary/aromatic N) is 4. The molecule has 0 saturated heterocycles. The molecular weight excluding hydrogens is 480 g/mol. The molecule has 0 radical (unpaired) electrons. The first-order chi connectivity index (χ1) is 18.3. The van der Waals surface area contributed by atoms with Crippen molar-refractivity contribution in [3.05, 3.63) is 105 Å². The number of nitrogen functional groups attached to an aromatic ring is 1. The first-order valence-corrected chi connectivity index (χ1v) is 12.0. The van der Waals surface area contributed by atoms with E-state index in [1.54, 1.807) is 54.3 Å². The summed E-state index contributed by atoms with van der Waals surface area (Å²) in [5.41, 5.74) is 9.16. The molecule has 0 fully saturated rings. The first-order valence-electron chi connectivity index (χ1n) is 12.0. The summed E-state index contributed by atoms with van der Waals surface area (Å²) in [7, 11) is 5.56. The quantitative estimate of drug-likeness (QED) is 0.320. The summed E-state index contributed by atoms with van der Waals surface area (Å²) >= 11 is 0. The van der Waals surface area contributed by atoms with E-state index < -0.39 is 0 Å². The van der Waals surface area contributed by atoms with E-state index in [-0.39, 0.29) is 17.7 Å². The van der Waals surface area contributed by atoms with Crippen molar-refractivity contribution in [2.24, 2.45) is 7.05 Å². The van der Waals surface area contributed by atoms with Crippen LogP contribution in [0.15, 0.2) is 88.7 Å². The van der Waals surface area contributed by atoms with E-state index in [4.69, 9.17) is 5.73 Å². The summed E-state index contributed by atoms with van der Waals surface area (Å²) in [4.78, 5) is 32.6. The van der Waals surface area contributed by atoms with Crippen LogP contribution < -0.4 is 27.1 Å². The van der Waals surface area contributed by atoms with E-state index in [1.165, 1.54) is 4.57 Å². The van der Waals surface area contributed by atoms with Crippen LogP contribution >= 0.6 is 0 Å². The highest BCUT2D eigenvalue weighted by Gasteiger charge is 2.16. The van der Waals surface area contributed by atoms with Gasteiger partial charge in [0.05, 0.1) is 12.3 Å². The highest BCUT2D eigenvalue weighted by Crippen LogP contribution is 2.30. The molecule has 0 amide bonds. The van der Waals surface area contributed by atoms with Crippen LogP contribution in [0.5, 0.6) is 0 Å². The Morgan fingerprint density at radius 3 is 2.53 bits per heavy atom. The van der Waals surface area contributed by atoms with Crippen molar-refractivity contribution < 1.29 is 5.11 Å². The fourth-order valence-corrected chi connectivity index (χ4v) is 4.55. The third kappa shape index (κ3) is 4.51. The smallest absolute Gasteiger partial charge is 0.274 e. The number of aliphatic hydroxyl groups is 1. The maximum absolute atomic E-state index is 13.5. The third-order valence-corrected chi connectivity index (χ3v) is 6.50. The number of aryl methyl sites for hydroxylation is 1. The average Bonchev–Trinajstić information content (AvgIpc) is 2.90. The Hall–Kier alpha value is -4.89. The van der Waals surface area contributed by atoms with E-state index in [1.807, 2.05) is 55.4 Å². The number of anilines is 4. The van der Waals surface area contributed by atoms with E-state index in [0.29, 0.717) is 45.1 Å². The fraction of sp³-hybridized carbons (Fsp3) is 0.138. The lowest BCUT2D eigenvalue weighted by molar-refractivity contribution is 0.282. The lowest BCUT2D eigenvalue weighted by atomic mass is 9.99. The number of nitrogens with one attached hydrogen (secondary N) is 1. The minimum absolute atomic E-state index is 0.185. The maximum Gasteiger partial charge on any atom is 0.274 e. The van der Waals surface area contributed by atoms with Crippen molar-refractivity contribution in [3.63, 3.8) is 0 Å². The topological polar surface area (TPSA) is 118 Å². The summed E-state index contributed by atoms with van der Waals surface area (Å²) in [6.45, 7) is -0.308. The second-order valence-corrected chi connectivity index (χ2v) is 9.25. The molecule has 0 spiro atoms. The van der Waals surface area contributed by atoms with Gasteiger partial charge in [0.15, 0.2) is 0 Å². The maximum atomic E-state index is 13.5. The molecule has 0 aliphatic heterocycles. The summed E-state index contributed by atoms with van der Waals surface area (Å²) in [5, 5.41) is 14.9. The van der Waals surface area contributed by atoms with Crippen LogP contribution in [0, 0.1) is 0 Å². The zero-order chi connectivity index (χ0) is 27.0. The number of aromatic nitrogens is 3. The van der Waals surface area contributed by atoms with Gasteiger partial charge in [-0.3, -0.25) is 14.2 Å². The second-order valence-electron chi connectivity index (χ2n) is 9.25. The molecule has 9 heteroatoms. The van der Waals surface area contributed by atoms with Crippen LogP contribution in [-0.2, 0) is 13.7 Å². The number of hydrogen-bond acceptors (Lipinski definition) is 7. The Bertz CT molecular complexity index is 1790. The molecule has 3 aromatic heterocycles. The summed E-state index contributed by atoms with van der Waals surface area (Å²) in [5.74, 6) is 0.771. The Balaban J connectivity index is 1.63. The zero-order valence-corrected chi connectivity index (χ0v) is 21.3. The largest absolute Gasteiger partial charge is 0.392 e. The highest BCUT2D eigenvalue weighted by atomic mass is 16.3. The number of nitrogens with two attached hydrogens (primary N) is 1. The van der Waals surface area contributed by atoms with Crippen LogP contribution in [0.3, 0.4) is 0 Å². The van der Waals surface area contributed by atoms with Crippen LogP contribution in [0.4, 0.5) is 23.0 Å². The van der Waals surface area contributed by atoms with Gasteiger partial charge in [-0.05, 0) is 59.5 Å². The van der Waals surface area contributed by atoms with Crippen molar-refractivity contribution in [1.29, 1.82) is 0 Å². The molecule has 0 atom stereocenters. The van der Waals surface area contributed by atoms with E-state index in [0.717, 1.165) is 11.1 Å². The minimum Gasteiger partial charge on any atom is -0.392 e. The molecule has 0 bridgehead atoms. The molecule has 5 rings (SSSR count). The average molecular weight is 509 g/mol. The molecule has 0 unspecified atom stereocenters. The molecule has 192 valence electrons. The van der Waals surface area contributed by atoms with Gasteiger partial charge in [-0.15, -0.1) is 0 Å². The van der Waals surface area contributed by atoms with Gasteiger partial charge in [0.25, 0.3) is 11.1 Å². The van der Waals surface area contributed by atoms with Crippen LogP contribution in [-0.4, -0.2) is 33.3 Å². The standard InChI is InChI=1S/C29H28N6O3/c1-33(2)20-10-11-22-18(14-20)12-13-35(28(22)37)25-7-4-6-21(23(25)17-36)19-15-24(29(38)34(3)16-19)31-27-9-5-8-26(30)32-27/h4-16,36H,17H2,1-3H3,(H3,30,31,32). The monoisotopic (exact) mass is 508 g/mol. The molecule has 0 aliphatic rings. The summed E-state index contributed by atoms with van der Waals surface area (Å²) in [6.07, 6.45) is 3.42. The van der Waals surface area contributed by atoms with Gasteiger partial charge in [-0.2, -0.15) is 0 Å². The first kappa shape index (κ1) is 24.8. The Labute approximate surface area is 219 Å². The summed E-state index contributed by atoms with van der Waals surface area (Å²) < 4.78 is 3.01. The predicted octanol–water partition coefficient (Wildman–Crippen LogP) is 3.64. The Morgan fingerprint density at radius 2 is 1.79 bits per heavy atom. The molecule has 5 aromatic rings. The molecule has 0 aliphatic carbocycles. The minimum atomic E-state index is -0.308. The van der Waals surface area contributed by atoms with Crippen molar-refractivity contribution in [3.8, 4) is 16.8 Å². The van der Waals surface area contributed by atoms with E-state index in [2.05, 4.69) is 10.3 Å². The van der Waals surface area contributed by atoms with Crippen molar-refractivity contribution in [2.45, 2.75) is 6.61 Å². The molecule has 38 heavy (non-hydrogen) atoms. The molecule has 9 nitrogen and oxygen atoms in total. The number of aliphatic hydroxyl groups excluding tert-OH is 1. The van der Waals surface area contributed by atoms with Gasteiger partial charge in [-0.25, -0.2) is 4.98 Å². The summed E-state index contributed by atoms with van der Waals surface area (Å²) in [6, 6.07) is 19.9.